The predicted octanol–water partition coefficient (Wildman–Crippen LogP) is 1.66. The Bertz CT molecular complexity index is 696. The summed E-state index contributed by atoms with van der Waals surface area (Å²) < 4.78 is 6.77. The molecule has 1 aliphatic heterocycles. The van der Waals surface area contributed by atoms with Crippen LogP contribution in [0.1, 0.15) is 24.8 Å². The molecule has 0 unspecified atom stereocenters. The predicted molar refractivity (Wildman–Crippen MR) is 84.5 cm³/mol. The van der Waals surface area contributed by atoms with Crippen molar-refractivity contribution in [2.24, 2.45) is 0 Å². The van der Waals surface area contributed by atoms with Gasteiger partial charge in [0.15, 0.2) is 5.82 Å². The normalized spacial score (nSPS) is 17.7. The molecule has 116 valence electrons. The summed E-state index contributed by atoms with van der Waals surface area (Å²) in [5, 5.41) is 0. The van der Waals surface area contributed by atoms with Gasteiger partial charge in [0.05, 0.1) is 7.11 Å². The minimum absolute atomic E-state index is 0.0153. The summed E-state index contributed by atoms with van der Waals surface area (Å²) in [7, 11) is 1.61. The first kappa shape index (κ1) is 14.6. The maximum absolute atomic E-state index is 12.3. The monoisotopic (exact) mass is 300 g/mol. The molecule has 3 heterocycles. The van der Waals surface area contributed by atoms with E-state index in [-0.39, 0.29) is 5.56 Å². The molecule has 22 heavy (non-hydrogen) atoms. The highest BCUT2D eigenvalue weighted by molar-refractivity contribution is 5.39. The SMILES string of the molecule is CCn1ccnc(N2CC[C@H](c3ccc(OC)nc3)C2)c1=O. The van der Waals surface area contributed by atoms with Gasteiger partial charge in [-0.05, 0) is 18.9 Å². The highest BCUT2D eigenvalue weighted by atomic mass is 16.5. The molecule has 6 heteroatoms. The second kappa shape index (κ2) is 6.17. The van der Waals surface area contributed by atoms with Crippen LogP contribution in [0.4, 0.5) is 5.82 Å². The Kier molecular flexibility index (Phi) is 4.09. The van der Waals surface area contributed by atoms with Crippen molar-refractivity contribution in [3.05, 3.63) is 46.6 Å². The third-order valence-corrected chi connectivity index (χ3v) is 4.16. The van der Waals surface area contributed by atoms with Crippen molar-refractivity contribution in [3.63, 3.8) is 0 Å². The van der Waals surface area contributed by atoms with Gasteiger partial charge in [-0.15, -0.1) is 0 Å². The van der Waals surface area contributed by atoms with Crippen molar-refractivity contribution in [2.75, 3.05) is 25.1 Å². The highest BCUT2D eigenvalue weighted by Gasteiger charge is 2.26. The van der Waals surface area contributed by atoms with Gasteiger partial charge in [-0.3, -0.25) is 4.79 Å². The van der Waals surface area contributed by atoms with Crippen LogP contribution in [0.5, 0.6) is 5.88 Å². The molecule has 1 fully saturated rings. The average molecular weight is 300 g/mol. The molecule has 0 radical (unpaired) electrons. The van der Waals surface area contributed by atoms with Crippen LogP contribution in [0.25, 0.3) is 0 Å². The lowest BCUT2D eigenvalue weighted by molar-refractivity contribution is 0.397. The molecule has 0 N–H and O–H groups in total. The number of aromatic nitrogens is 3. The number of ether oxygens (including phenoxy) is 1. The molecule has 2 aromatic rings. The molecule has 3 rings (SSSR count). The second-order valence-corrected chi connectivity index (χ2v) is 5.41. The summed E-state index contributed by atoms with van der Waals surface area (Å²) in [6, 6.07) is 3.92. The van der Waals surface area contributed by atoms with Gasteiger partial charge in [0.25, 0.3) is 5.56 Å². The van der Waals surface area contributed by atoms with E-state index in [1.165, 1.54) is 5.56 Å². The Hall–Kier alpha value is -2.37. The van der Waals surface area contributed by atoms with Gasteiger partial charge < -0.3 is 14.2 Å². The van der Waals surface area contributed by atoms with E-state index in [1.54, 1.807) is 24.1 Å². The van der Waals surface area contributed by atoms with Crippen molar-refractivity contribution in [1.29, 1.82) is 0 Å². The summed E-state index contributed by atoms with van der Waals surface area (Å²) in [4.78, 5) is 23.0. The van der Waals surface area contributed by atoms with Crippen molar-refractivity contribution in [2.45, 2.75) is 25.8 Å². The fourth-order valence-electron chi connectivity index (χ4n) is 2.88. The fraction of sp³-hybridized carbons (Fsp3) is 0.438. The molecule has 1 saturated heterocycles. The molecule has 0 amide bonds. The smallest absolute Gasteiger partial charge is 0.293 e. The Labute approximate surface area is 129 Å². The molecule has 6 nitrogen and oxygen atoms in total. The summed E-state index contributed by atoms with van der Waals surface area (Å²) in [6.07, 6.45) is 6.28. The third kappa shape index (κ3) is 2.68. The van der Waals surface area contributed by atoms with E-state index in [0.717, 1.165) is 19.5 Å². The van der Waals surface area contributed by atoms with Crippen molar-refractivity contribution in [1.82, 2.24) is 14.5 Å². The van der Waals surface area contributed by atoms with Gasteiger partial charge in [-0.25, -0.2) is 9.97 Å². The highest BCUT2D eigenvalue weighted by Crippen LogP contribution is 2.28. The summed E-state index contributed by atoms with van der Waals surface area (Å²) in [6.45, 7) is 4.26. The van der Waals surface area contributed by atoms with Crippen LogP contribution in [0.15, 0.2) is 35.5 Å². The molecule has 1 aliphatic rings. The number of methoxy groups -OCH3 is 1. The topological polar surface area (TPSA) is 60.3 Å². The lowest BCUT2D eigenvalue weighted by Crippen LogP contribution is -2.31. The number of pyridine rings is 1. The molecule has 1 atom stereocenters. The van der Waals surface area contributed by atoms with E-state index < -0.39 is 0 Å². The first-order valence-corrected chi connectivity index (χ1v) is 7.53. The fourth-order valence-corrected chi connectivity index (χ4v) is 2.88. The number of hydrogen-bond donors (Lipinski definition) is 0. The molecule has 2 aromatic heterocycles. The van der Waals surface area contributed by atoms with Crippen LogP contribution < -0.4 is 15.2 Å². The first-order valence-electron chi connectivity index (χ1n) is 7.53. The first-order chi connectivity index (χ1) is 10.7. The summed E-state index contributed by atoms with van der Waals surface area (Å²) in [5.41, 5.74) is 1.16. The van der Waals surface area contributed by atoms with E-state index in [9.17, 15) is 4.79 Å². The van der Waals surface area contributed by atoms with Gasteiger partial charge in [0.2, 0.25) is 5.88 Å². The minimum Gasteiger partial charge on any atom is -0.481 e. The summed E-state index contributed by atoms with van der Waals surface area (Å²) >= 11 is 0. The van der Waals surface area contributed by atoms with Gasteiger partial charge in [-0.1, -0.05) is 6.07 Å². The van der Waals surface area contributed by atoms with Gasteiger partial charge >= 0.3 is 0 Å². The van der Waals surface area contributed by atoms with Crippen LogP contribution >= 0.6 is 0 Å². The Balaban J connectivity index is 1.78. The number of rotatable bonds is 4. The Morgan fingerprint density at radius 2 is 2.23 bits per heavy atom. The van der Waals surface area contributed by atoms with E-state index in [0.29, 0.717) is 24.2 Å². The molecule has 0 saturated carbocycles. The molecule has 0 aliphatic carbocycles. The lowest BCUT2D eigenvalue weighted by atomic mass is 10.0. The van der Waals surface area contributed by atoms with E-state index in [1.807, 2.05) is 25.3 Å². The quantitative estimate of drug-likeness (QED) is 0.859. The largest absolute Gasteiger partial charge is 0.481 e. The third-order valence-electron chi connectivity index (χ3n) is 4.16. The van der Waals surface area contributed by atoms with Crippen LogP contribution in [0.2, 0.25) is 0 Å². The maximum atomic E-state index is 12.3. The Morgan fingerprint density at radius 1 is 1.36 bits per heavy atom. The minimum atomic E-state index is -0.0153. The maximum Gasteiger partial charge on any atom is 0.293 e. The van der Waals surface area contributed by atoms with Crippen molar-refractivity contribution >= 4 is 5.82 Å². The number of aryl methyl sites for hydroxylation is 1. The van der Waals surface area contributed by atoms with E-state index in [4.69, 9.17) is 4.74 Å². The summed E-state index contributed by atoms with van der Waals surface area (Å²) in [5.74, 6) is 1.54. The van der Waals surface area contributed by atoms with E-state index in [2.05, 4.69) is 14.9 Å². The van der Waals surface area contributed by atoms with Crippen LogP contribution in [0.3, 0.4) is 0 Å². The van der Waals surface area contributed by atoms with Crippen LogP contribution in [-0.2, 0) is 6.54 Å². The van der Waals surface area contributed by atoms with Crippen LogP contribution in [0, 0.1) is 0 Å². The van der Waals surface area contributed by atoms with Gasteiger partial charge in [-0.2, -0.15) is 0 Å². The molecule has 0 spiro atoms. The zero-order valence-corrected chi connectivity index (χ0v) is 12.9. The number of anilines is 1. The van der Waals surface area contributed by atoms with Gasteiger partial charge in [0, 0.05) is 50.2 Å². The van der Waals surface area contributed by atoms with Crippen molar-refractivity contribution < 1.29 is 4.74 Å². The lowest BCUT2D eigenvalue weighted by Gasteiger charge is -2.17. The van der Waals surface area contributed by atoms with E-state index >= 15 is 0 Å². The number of hydrogen-bond acceptors (Lipinski definition) is 5. The van der Waals surface area contributed by atoms with Crippen molar-refractivity contribution in [3.8, 4) is 5.88 Å². The molecule has 0 bridgehead atoms. The standard InChI is InChI=1S/C16H20N4O2/c1-3-19-9-7-17-15(16(19)21)20-8-6-13(11-20)12-4-5-14(22-2)18-10-12/h4-5,7,9-10,13H,3,6,8,11H2,1-2H3/t13-/m0/s1. The van der Waals surface area contributed by atoms with Gasteiger partial charge in [0.1, 0.15) is 0 Å². The molecular formula is C16H20N4O2. The Morgan fingerprint density at radius 3 is 2.91 bits per heavy atom. The van der Waals surface area contributed by atoms with Crippen LogP contribution in [-0.4, -0.2) is 34.7 Å². The molecule has 0 aromatic carbocycles. The number of nitrogens with zero attached hydrogens (tertiary/aromatic N) is 4. The molecular weight excluding hydrogens is 280 g/mol. The zero-order chi connectivity index (χ0) is 15.5. The zero-order valence-electron chi connectivity index (χ0n) is 12.9. The second-order valence-electron chi connectivity index (χ2n) is 5.41. The average Bonchev–Trinajstić information content (AvgIpc) is 3.05.